The first kappa shape index (κ1) is 16.9. The van der Waals surface area contributed by atoms with Crippen LogP contribution in [0, 0.1) is 0 Å². The number of rotatable bonds is 4. The van der Waals surface area contributed by atoms with Gasteiger partial charge < -0.3 is 15.4 Å². The maximum absolute atomic E-state index is 12.3. The maximum atomic E-state index is 12.3. The predicted octanol–water partition coefficient (Wildman–Crippen LogP) is 3.01. The Morgan fingerprint density at radius 3 is 2.40 bits per heavy atom. The molecule has 2 aromatic rings. The van der Waals surface area contributed by atoms with Crippen molar-refractivity contribution in [1.29, 1.82) is 0 Å². The number of pyridine rings is 1. The highest BCUT2D eigenvalue weighted by molar-refractivity contribution is 6.08. The fraction of sp³-hybridized carbons (Fsp3) is 0.211. The molecule has 1 aromatic carbocycles. The SMILES string of the molecule is O=C(C=C1CCOCC1)Nc1ccccc1NC(=O)c1cccnc1. The van der Waals surface area contributed by atoms with Crippen molar-refractivity contribution in [3.8, 4) is 0 Å². The minimum Gasteiger partial charge on any atom is -0.381 e. The predicted molar refractivity (Wildman–Crippen MR) is 95.4 cm³/mol. The van der Waals surface area contributed by atoms with Gasteiger partial charge in [-0.25, -0.2) is 0 Å². The number of ether oxygens (including phenoxy) is 1. The highest BCUT2D eigenvalue weighted by Crippen LogP contribution is 2.22. The Balaban J connectivity index is 1.70. The molecule has 6 nitrogen and oxygen atoms in total. The van der Waals surface area contributed by atoms with Crippen molar-refractivity contribution in [1.82, 2.24) is 4.98 Å². The molecule has 1 aromatic heterocycles. The molecule has 0 bridgehead atoms. The lowest BCUT2D eigenvalue weighted by Crippen LogP contribution is -2.16. The van der Waals surface area contributed by atoms with Crippen LogP contribution in [0.1, 0.15) is 23.2 Å². The topological polar surface area (TPSA) is 80.3 Å². The second kappa shape index (κ2) is 8.21. The minimum absolute atomic E-state index is 0.208. The van der Waals surface area contributed by atoms with Crippen molar-refractivity contribution < 1.29 is 14.3 Å². The van der Waals surface area contributed by atoms with E-state index >= 15 is 0 Å². The first-order valence-electron chi connectivity index (χ1n) is 8.11. The van der Waals surface area contributed by atoms with Gasteiger partial charge >= 0.3 is 0 Å². The molecule has 0 saturated carbocycles. The highest BCUT2D eigenvalue weighted by atomic mass is 16.5. The summed E-state index contributed by atoms with van der Waals surface area (Å²) >= 11 is 0. The Bertz CT molecular complexity index is 780. The zero-order valence-corrected chi connectivity index (χ0v) is 13.7. The summed E-state index contributed by atoms with van der Waals surface area (Å²) in [4.78, 5) is 28.5. The van der Waals surface area contributed by atoms with E-state index < -0.39 is 0 Å². The van der Waals surface area contributed by atoms with Gasteiger partial charge in [-0.3, -0.25) is 14.6 Å². The molecule has 25 heavy (non-hydrogen) atoms. The zero-order chi connectivity index (χ0) is 17.5. The van der Waals surface area contributed by atoms with Gasteiger partial charge in [-0.05, 0) is 37.1 Å². The number of aromatic nitrogens is 1. The number of anilines is 2. The van der Waals surface area contributed by atoms with Crippen molar-refractivity contribution in [2.75, 3.05) is 23.8 Å². The van der Waals surface area contributed by atoms with Gasteiger partial charge in [-0.15, -0.1) is 0 Å². The summed E-state index contributed by atoms with van der Waals surface area (Å²) in [5.74, 6) is -0.488. The number of hydrogen-bond acceptors (Lipinski definition) is 4. The third-order valence-electron chi connectivity index (χ3n) is 3.83. The number of nitrogens with one attached hydrogen (secondary N) is 2. The van der Waals surface area contributed by atoms with Gasteiger partial charge in [0.15, 0.2) is 0 Å². The Kier molecular flexibility index (Phi) is 5.53. The quantitative estimate of drug-likeness (QED) is 0.841. The van der Waals surface area contributed by atoms with E-state index in [4.69, 9.17) is 4.74 Å². The number of nitrogens with zero attached hydrogens (tertiary/aromatic N) is 1. The van der Waals surface area contributed by atoms with E-state index in [1.54, 1.807) is 48.7 Å². The molecule has 0 aliphatic carbocycles. The van der Waals surface area contributed by atoms with Gasteiger partial charge in [0.1, 0.15) is 0 Å². The smallest absolute Gasteiger partial charge is 0.257 e. The van der Waals surface area contributed by atoms with Crippen LogP contribution >= 0.6 is 0 Å². The first-order valence-corrected chi connectivity index (χ1v) is 8.11. The molecule has 3 rings (SSSR count). The number of hydrogen-bond donors (Lipinski definition) is 2. The van der Waals surface area contributed by atoms with Crippen LogP contribution < -0.4 is 10.6 Å². The van der Waals surface area contributed by atoms with E-state index in [-0.39, 0.29) is 11.8 Å². The fourth-order valence-corrected chi connectivity index (χ4v) is 2.52. The van der Waals surface area contributed by atoms with E-state index in [1.807, 2.05) is 0 Å². The van der Waals surface area contributed by atoms with Crippen LogP contribution in [0.4, 0.5) is 11.4 Å². The van der Waals surface area contributed by atoms with Crippen LogP contribution in [0.25, 0.3) is 0 Å². The van der Waals surface area contributed by atoms with Crippen LogP contribution in [0.3, 0.4) is 0 Å². The summed E-state index contributed by atoms with van der Waals surface area (Å²) in [6.07, 6.45) is 6.25. The molecule has 2 heterocycles. The average Bonchev–Trinajstić information content (AvgIpc) is 2.65. The molecule has 6 heteroatoms. The lowest BCUT2D eigenvalue weighted by atomic mass is 10.1. The molecule has 0 unspecified atom stereocenters. The van der Waals surface area contributed by atoms with Crippen molar-refractivity contribution in [3.63, 3.8) is 0 Å². The van der Waals surface area contributed by atoms with Crippen molar-refractivity contribution in [2.45, 2.75) is 12.8 Å². The van der Waals surface area contributed by atoms with Crippen LogP contribution in [0.2, 0.25) is 0 Å². The monoisotopic (exact) mass is 337 g/mol. The van der Waals surface area contributed by atoms with E-state index in [0.717, 1.165) is 18.4 Å². The number of amides is 2. The van der Waals surface area contributed by atoms with Gasteiger partial charge in [-0.2, -0.15) is 0 Å². The lowest BCUT2D eigenvalue weighted by Gasteiger charge is -2.15. The molecule has 2 N–H and O–H groups in total. The summed E-state index contributed by atoms with van der Waals surface area (Å²) in [7, 11) is 0. The Hall–Kier alpha value is -2.99. The van der Waals surface area contributed by atoms with Crippen molar-refractivity contribution in [2.24, 2.45) is 0 Å². The molecule has 0 atom stereocenters. The van der Waals surface area contributed by atoms with Gasteiger partial charge in [0, 0.05) is 18.5 Å². The zero-order valence-electron chi connectivity index (χ0n) is 13.7. The molecule has 0 spiro atoms. The molecular weight excluding hydrogens is 318 g/mol. The summed E-state index contributed by atoms with van der Waals surface area (Å²) in [5.41, 5.74) is 2.61. The lowest BCUT2D eigenvalue weighted by molar-refractivity contribution is -0.112. The molecule has 1 saturated heterocycles. The Labute approximate surface area is 145 Å². The van der Waals surface area contributed by atoms with Gasteiger partial charge in [0.05, 0.1) is 30.2 Å². The van der Waals surface area contributed by atoms with Gasteiger partial charge in [0.25, 0.3) is 5.91 Å². The molecule has 1 aliphatic rings. The molecule has 128 valence electrons. The third-order valence-corrected chi connectivity index (χ3v) is 3.83. The molecular formula is C19H19N3O3. The standard InChI is InChI=1S/C19H19N3O3/c23-18(12-14-7-10-25-11-8-14)21-16-5-1-2-6-17(16)22-19(24)15-4-3-9-20-13-15/h1-6,9,12-13H,7-8,10-11H2,(H,21,23)(H,22,24). The van der Waals surface area contributed by atoms with E-state index in [1.165, 1.54) is 6.20 Å². The Morgan fingerprint density at radius 1 is 1.00 bits per heavy atom. The average molecular weight is 337 g/mol. The number of carbonyl (C=O) groups excluding carboxylic acids is 2. The summed E-state index contributed by atoms with van der Waals surface area (Å²) < 4.78 is 5.28. The minimum atomic E-state index is -0.280. The van der Waals surface area contributed by atoms with Crippen LogP contribution in [-0.2, 0) is 9.53 Å². The van der Waals surface area contributed by atoms with E-state index in [9.17, 15) is 9.59 Å². The number of benzene rings is 1. The maximum Gasteiger partial charge on any atom is 0.257 e. The van der Waals surface area contributed by atoms with E-state index in [2.05, 4.69) is 15.6 Å². The van der Waals surface area contributed by atoms with Crippen molar-refractivity contribution >= 4 is 23.2 Å². The molecule has 2 amide bonds. The number of para-hydroxylation sites is 2. The first-order chi connectivity index (χ1) is 12.2. The normalized spacial score (nSPS) is 13.8. The largest absolute Gasteiger partial charge is 0.381 e. The van der Waals surface area contributed by atoms with E-state index in [0.29, 0.717) is 30.2 Å². The molecule has 1 fully saturated rings. The third kappa shape index (κ3) is 4.74. The van der Waals surface area contributed by atoms with Crippen LogP contribution in [-0.4, -0.2) is 30.0 Å². The summed E-state index contributed by atoms with van der Waals surface area (Å²) in [5, 5.41) is 5.63. The van der Waals surface area contributed by atoms with Gasteiger partial charge in [-0.1, -0.05) is 17.7 Å². The fourth-order valence-electron chi connectivity index (χ4n) is 2.52. The summed E-state index contributed by atoms with van der Waals surface area (Å²) in [6, 6.07) is 10.5. The van der Waals surface area contributed by atoms with Crippen LogP contribution in [0.15, 0.2) is 60.4 Å². The molecule has 1 aliphatic heterocycles. The summed E-state index contributed by atoms with van der Waals surface area (Å²) in [6.45, 7) is 1.30. The number of carbonyl (C=O) groups is 2. The second-order valence-corrected chi connectivity index (χ2v) is 5.65. The van der Waals surface area contributed by atoms with Crippen molar-refractivity contribution in [3.05, 3.63) is 66.0 Å². The van der Waals surface area contributed by atoms with Gasteiger partial charge in [0.2, 0.25) is 5.91 Å². The Morgan fingerprint density at radius 2 is 1.72 bits per heavy atom. The highest BCUT2D eigenvalue weighted by Gasteiger charge is 2.12. The second-order valence-electron chi connectivity index (χ2n) is 5.65. The van der Waals surface area contributed by atoms with Crippen LogP contribution in [0.5, 0.6) is 0 Å². The molecule has 0 radical (unpaired) electrons.